The van der Waals surface area contributed by atoms with Gasteiger partial charge in [0.2, 0.25) is 0 Å². The maximum absolute atomic E-state index is 11.9. The second-order valence-corrected chi connectivity index (χ2v) is 4.09. The summed E-state index contributed by atoms with van der Waals surface area (Å²) in [5.74, 6) is 0.425. The second-order valence-electron chi connectivity index (χ2n) is 4.09. The molecule has 0 spiro atoms. The van der Waals surface area contributed by atoms with Gasteiger partial charge >= 0.3 is 0 Å². The second kappa shape index (κ2) is 4.75. The molecule has 0 aliphatic heterocycles. The third-order valence-electron chi connectivity index (χ3n) is 3.05. The summed E-state index contributed by atoms with van der Waals surface area (Å²) in [6, 6.07) is 0. The molecule has 0 N–H and O–H groups in total. The Balaban J connectivity index is 2.60. The van der Waals surface area contributed by atoms with Crippen LogP contribution < -0.4 is 0 Å². The molecule has 2 heteroatoms. The van der Waals surface area contributed by atoms with Gasteiger partial charge in [0, 0.05) is 13.5 Å². The molecule has 1 aliphatic carbocycles. The first-order valence-corrected chi connectivity index (χ1v) is 5.27. The number of hydrogen-bond donors (Lipinski definition) is 0. The zero-order valence-electron chi connectivity index (χ0n) is 8.77. The molecule has 13 heavy (non-hydrogen) atoms. The monoisotopic (exact) mass is 184 g/mol. The van der Waals surface area contributed by atoms with Crippen LogP contribution in [0, 0.1) is 5.41 Å². The van der Waals surface area contributed by atoms with Crippen molar-refractivity contribution in [2.45, 2.75) is 45.4 Å². The van der Waals surface area contributed by atoms with Crippen molar-refractivity contribution >= 4 is 5.78 Å². The zero-order valence-corrected chi connectivity index (χ0v) is 8.77. The fourth-order valence-corrected chi connectivity index (χ4v) is 2.32. The topological polar surface area (TPSA) is 26.3 Å². The van der Waals surface area contributed by atoms with Crippen molar-refractivity contribution in [3.05, 3.63) is 0 Å². The molecule has 0 aromatic rings. The van der Waals surface area contributed by atoms with Crippen LogP contribution in [0.2, 0.25) is 0 Å². The molecule has 1 fully saturated rings. The molecule has 76 valence electrons. The van der Waals surface area contributed by atoms with E-state index < -0.39 is 0 Å². The van der Waals surface area contributed by atoms with Gasteiger partial charge in [-0.1, -0.05) is 19.8 Å². The Labute approximate surface area is 80.7 Å². The van der Waals surface area contributed by atoms with Crippen LogP contribution in [0.4, 0.5) is 0 Å². The quantitative estimate of drug-likeness (QED) is 0.656. The normalized spacial score (nSPS) is 20.5. The van der Waals surface area contributed by atoms with Gasteiger partial charge in [0.1, 0.15) is 5.78 Å². The number of methoxy groups -OCH3 is 1. The SMILES string of the molecule is CCCC(=O)C1(COC)CCCC1. The van der Waals surface area contributed by atoms with Gasteiger partial charge in [-0.2, -0.15) is 0 Å². The van der Waals surface area contributed by atoms with Crippen molar-refractivity contribution in [3.63, 3.8) is 0 Å². The molecule has 1 rings (SSSR count). The molecule has 0 amide bonds. The fraction of sp³-hybridized carbons (Fsp3) is 0.909. The molecule has 0 radical (unpaired) electrons. The van der Waals surface area contributed by atoms with Crippen molar-refractivity contribution in [3.8, 4) is 0 Å². The van der Waals surface area contributed by atoms with Gasteiger partial charge in [0.05, 0.1) is 12.0 Å². The third kappa shape index (κ3) is 2.31. The minimum Gasteiger partial charge on any atom is -0.384 e. The molecule has 0 aromatic heterocycles. The lowest BCUT2D eigenvalue weighted by molar-refractivity contribution is -0.131. The number of ketones is 1. The predicted octanol–water partition coefficient (Wildman–Crippen LogP) is 2.56. The van der Waals surface area contributed by atoms with Crippen molar-refractivity contribution < 1.29 is 9.53 Å². The number of rotatable bonds is 5. The number of Topliss-reactive ketones (excluding diaryl/α,β-unsaturated/α-hetero) is 1. The summed E-state index contributed by atoms with van der Waals surface area (Å²) >= 11 is 0. The van der Waals surface area contributed by atoms with Crippen LogP contribution in [0.3, 0.4) is 0 Å². The molecule has 0 aromatic carbocycles. The first-order valence-electron chi connectivity index (χ1n) is 5.27. The van der Waals surface area contributed by atoms with E-state index in [9.17, 15) is 4.79 Å². The molecule has 2 nitrogen and oxygen atoms in total. The van der Waals surface area contributed by atoms with Crippen LogP contribution in [0.1, 0.15) is 45.4 Å². The number of hydrogen-bond acceptors (Lipinski definition) is 2. The lowest BCUT2D eigenvalue weighted by atomic mass is 9.81. The van der Waals surface area contributed by atoms with Gasteiger partial charge in [0.15, 0.2) is 0 Å². The van der Waals surface area contributed by atoms with Crippen LogP contribution >= 0.6 is 0 Å². The minimum atomic E-state index is -0.106. The van der Waals surface area contributed by atoms with Gasteiger partial charge < -0.3 is 4.74 Å². The average molecular weight is 184 g/mol. The van der Waals surface area contributed by atoms with E-state index >= 15 is 0 Å². The predicted molar refractivity (Wildman–Crippen MR) is 52.7 cm³/mol. The Hall–Kier alpha value is -0.370. The number of carbonyl (C=O) groups is 1. The molecule has 1 aliphatic rings. The highest BCUT2D eigenvalue weighted by molar-refractivity contribution is 5.85. The van der Waals surface area contributed by atoms with Crippen molar-refractivity contribution in [2.75, 3.05) is 13.7 Å². The summed E-state index contributed by atoms with van der Waals surface area (Å²) in [4.78, 5) is 11.9. The fourth-order valence-electron chi connectivity index (χ4n) is 2.32. The highest BCUT2D eigenvalue weighted by atomic mass is 16.5. The molecule has 0 bridgehead atoms. The maximum Gasteiger partial charge on any atom is 0.141 e. The smallest absolute Gasteiger partial charge is 0.141 e. The third-order valence-corrected chi connectivity index (χ3v) is 3.05. The van der Waals surface area contributed by atoms with Crippen LogP contribution in [-0.2, 0) is 9.53 Å². The van der Waals surface area contributed by atoms with E-state index in [1.165, 1.54) is 12.8 Å². The van der Waals surface area contributed by atoms with Gasteiger partial charge in [0.25, 0.3) is 0 Å². The Morgan fingerprint density at radius 3 is 2.46 bits per heavy atom. The molecule has 0 unspecified atom stereocenters. The molecular weight excluding hydrogens is 164 g/mol. The summed E-state index contributed by atoms with van der Waals surface area (Å²) < 4.78 is 5.18. The van der Waals surface area contributed by atoms with E-state index in [0.717, 1.165) is 25.7 Å². The van der Waals surface area contributed by atoms with Crippen molar-refractivity contribution in [2.24, 2.45) is 5.41 Å². The summed E-state index contributed by atoms with van der Waals surface area (Å²) in [5.41, 5.74) is -0.106. The zero-order chi connectivity index (χ0) is 9.73. The van der Waals surface area contributed by atoms with Crippen LogP contribution in [0.5, 0.6) is 0 Å². The van der Waals surface area contributed by atoms with E-state index in [2.05, 4.69) is 6.92 Å². The lowest BCUT2D eigenvalue weighted by Gasteiger charge is -2.26. The molecular formula is C11H20O2. The van der Waals surface area contributed by atoms with E-state index in [1.807, 2.05) is 0 Å². The van der Waals surface area contributed by atoms with Gasteiger partial charge in [-0.25, -0.2) is 0 Å². The summed E-state index contributed by atoms with van der Waals surface area (Å²) in [6.45, 7) is 2.69. The van der Waals surface area contributed by atoms with Crippen LogP contribution in [-0.4, -0.2) is 19.5 Å². The van der Waals surface area contributed by atoms with Gasteiger partial charge in [-0.05, 0) is 19.3 Å². The van der Waals surface area contributed by atoms with E-state index in [4.69, 9.17) is 4.74 Å². The summed E-state index contributed by atoms with van der Waals surface area (Å²) in [6.07, 6.45) is 6.16. The van der Waals surface area contributed by atoms with E-state index in [0.29, 0.717) is 12.4 Å². The first kappa shape index (κ1) is 10.7. The summed E-state index contributed by atoms with van der Waals surface area (Å²) in [5, 5.41) is 0. The lowest BCUT2D eigenvalue weighted by Crippen LogP contribution is -2.32. The Morgan fingerprint density at radius 1 is 1.38 bits per heavy atom. The highest BCUT2D eigenvalue weighted by Crippen LogP contribution is 2.40. The van der Waals surface area contributed by atoms with E-state index in [-0.39, 0.29) is 5.41 Å². The van der Waals surface area contributed by atoms with Crippen LogP contribution in [0.15, 0.2) is 0 Å². The molecule has 1 saturated carbocycles. The minimum absolute atomic E-state index is 0.106. The highest BCUT2D eigenvalue weighted by Gasteiger charge is 2.39. The average Bonchev–Trinajstić information content (AvgIpc) is 2.55. The number of carbonyl (C=O) groups excluding carboxylic acids is 1. The largest absolute Gasteiger partial charge is 0.384 e. The maximum atomic E-state index is 11.9. The Bertz CT molecular complexity index is 169. The standard InChI is InChI=1S/C11H20O2/c1-3-6-10(12)11(9-13-2)7-4-5-8-11/h3-9H2,1-2H3. The first-order chi connectivity index (χ1) is 6.25. The summed E-state index contributed by atoms with van der Waals surface area (Å²) in [7, 11) is 1.69. The Kier molecular flexibility index (Phi) is 3.91. The molecule has 0 atom stereocenters. The number of ether oxygens (including phenoxy) is 1. The van der Waals surface area contributed by atoms with Crippen molar-refractivity contribution in [1.29, 1.82) is 0 Å². The molecule has 0 saturated heterocycles. The molecule has 0 heterocycles. The van der Waals surface area contributed by atoms with E-state index in [1.54, 1.807) is 7.11 Å². The van der Waals surface area contributed by atoms with Crippen molar-refractivity contribution in [1.82, 2.24) is 0 Å². The van der Waals surface area contributed by atoms with Gasteiger partial charge in [-0.15, -0.1) is 0 Å². The van der Waals surface area contributed by atoms with Gasteiger partial charge in [-0.3, -0.25) is 4.79 Å². The Morgan fingerprint density at radius 2 is 2.00 bits per heavy atom. The van der Waals surface area contributed by atoms with Crippen LogP contribution in [0.25, 0.3) is 0 Å².